The van der Waals surface area contributed by atoms with Crippen LogP contribution in [0, 0.1) is 12.7 Å². The number of halogens is 1. The van der Waals surface area contributed by atoms with Crippen molar-refractivity contribution in [2.75, 3.05) is 4.90 Å². The van der Waals surface area contributed by atoms with Crippen molar-refractivity contribution >= 4 is 44.1 Å². The lowest BCUT2D eigenvalue weighted by Crippen LogP contribution is -2.29. The van der Waals surface area contributed by atoms with Gasteiger partial charge >= 0.3 is 5.91 Å². The summed E-state index contributed by atoms with van der Waals surface area (Å²) in [5.74, 6) is -1.89. The second-order valence-corrected chi connectivity index (χ2v) is 10.5. The SMILES string of the molecule is Cc1ccc2nc(N3C(=O)C(=O)/C(=C(/O)c4ccc(F)cc4)C3c3ccc(OCc4ccccc4)cc3)sc2c1. The van der Waals surface area contributed by atoms with E-state index < -0.39 is 23.5 Å². The van der Waals surface area contributed by atoms with E-state index in [1.807, 2.05) is 55.5 Å². The first-order chi connectivity index (χ1) is 19.4. The molecular weight excluding hydrogens is 527 g/mol. The number of hydrogen-bond acceptors (Lipinski definition) is 6. The second-order valence-electron chi connectivity index (χ2n) is 9.49. The summed E-state index contributed by atoms with van der Waals surface area (Å²) in [5.41, 5.74) is 3.49. The fourth-order valence-corrected chi connectivity index (χ4v) is 5.81. The Labute approximate surface area is 233 Å². The number of aliphatic hydroxyl groups is 1. The topological polar surface area (TPSA) is 79.7 Å². The first-order valence-electron chi connectivity index (χ1n) is 12.6. The monoisotopic (exact) mass is 550 g/mol. The molecule has 0 aliphatic carbocycles. The molecule has 0 radical (unpaired) electrons. The largest absolute Gasteiger partial charge is 0.507 e. The fourth-order valence-electron chi connectivity index (χ4n) is 4.72. The van der Waals surface area contributed by atoms with E-state index in [1.165, 1.54) is 40.5 Å². The van der Waals surface area contributed by atoms with Crippen LogP contribution in [0.15, 0.2) is 103 Å². The Balaban J connectivity index is 1.43. The Bertz CT molecular complexity index is 1760. The summed E-state index contributed by atoms with van der Waals surface area (Å²) in [6, 6.07) is 26.7. The van der Waals surface area contributed by atoms with Gasteiger partial charge in [-0.15, -0.1) is 0 Å². The number of aryl methyl sites for hydroxylation is 1. The van der Waals surface area contributed by atoms with Crippen molar-refractivity contribution in [3.8, 4) is 5.75 Å². The number of nitrogens with zero attached hydrogens (tertiary/aromatic N) is 2. The number of amides is 1. The highest BCUT2D eigenvalue weighted by Gasteiger charge is 2.48. The van der Waals surface area contributed by atoms with Crippen LogP contribution < -0.4 is 9.64 Å². The number of ketones is 1. The number of anilines is 1. The van der Waals surface area contributed by atoms with Gasteiger partial charge < -0.3 is 9.84 Å². The Kier molecular flexibility index (Phi) is 6.61. The molecule has 4 aromatic carbocycles. The summed E-state index contributed by atoms with van der Waals surface area (Å²) in [7, 11) is 0. The normalized spacial score (nSPS) is 16.6. The van der Waals surface area contributed by atoms with Crippen LogP contribution in [0.2, 0.25) is 0 Å². The Morgan fingerprint density at radius 2 is 1.70 bits per heavy atom. The van der Waals surface area contributed by atoms with Crippen LogP contribution in [0.1, 0.15) is 28.3 Å². The molecule has 1 aromatic heterocycles. The van der Waals surface area contributed by atoms with Gasteiger partial charge in [0.05, 0.1) is 21.8 Å². The number of carbonyl (C=O) groups excluding carboxylic acids is 2. The highest BCUT2D eigenvalue weighted by Crippen LogP contribution is 2.44. The molecule has 1 unspecified atom stereocenters. The molecule has 198 valence electrons. The van der Waals surface area contributed by atoms with Crippen LogP contribution >= 0.6 is 11.3 Å². The lowest BCUT2D eigenvalue weighted by Gasteiger charge is -2.23. The van der Waals surface area contributed by atoms with Crippen molar-refractivity contribution in [1.29, 1.82) is 0 Å². The first-order valence-corrected chi connectivity index (χ1v) is 13.4. The summed E-state index contributed by atoms with van der Waals surface area (Å²) in [5, 5.41) is 11.6. The number of carbonyl (C=O) groups is 2. The maximum absolute atomic E-state index is 13.6. The van der Waals surface area contributed by atoms with Crippen molar-refractivity contribution in [2.45, 2.75) is 19.6 Å². The smallest absolute Gasteiger partial charge is 0.301 e. The van der Waals surface area contributed by atoms with Crippen molar-refractivity contribution in [3.63, 3.8) is 0 Å². The van der Waals surface area contributed by atoms with Gasteiger partial charge in [0.2, 0.25) is 0 Å². The van der Waals surface area contributed by atoms with Gasteiger partial charge in [0.15, 0.2) is 5.13 Å². The Morgan fingerprint density at radius 1 is 0.975 bits per heavy atom. The number of benzene rings is 4. The molecular formula is C32H23FN2O4S. The molecule has 1 amide bonds. The van der Waals surface area contributed by atoms with E-state index in [4.69, 9.17) is 4.74 Å². The van der Waals surface area contributed by atoms with Crippen LogP contribution in [0.5, 0.6) is 5.75 Å². The molecule has 1 aliphatic rings. The number of fused-ring (bicyclic) bond motifs is 1. The van der Waals surface area contributed by atoms with E-state index in [1.54, 1.807) is 24.3 Å². The minimum Gasteiger partial charge on any atom is -0.507 e. The highest BCUT2D eigenvalue weighted by atomic mass is 32.1. The van der Waals surface area contributed by atoms with Crippen LogP contribution in [-0.2, 0) is 16.2 Å². The van der Waals surface area contributed by atoms with Gasteiger partial charge in [0, 0.05) is 5.56 Å². The maximum atomic E-state index is 13.6. The number of aliphatic hydroxyl groups excluding tert-OH is 1. The van der Waals surface area contributed by atoms with E-state index in [2.05, 4.69) is 4.98 Å². The molecule has 8 heteroatoms. The number of thiazole rings is 1. The van der Waals surface area contributed by atoms with E-state index >= 15 is 0 Å². The van der Waals surface area contributed by atoms with Crippen molar-refractivity contribution in [3.05, 3.63) is 131 Å². The zero-order valence-corrected chi connectivity index (χ0v) is 22.2. The van der Waals surface area contributed by atoms with E-state index in [9.17, 15) is 19.1 Å². The number of aromatic nitrogens is 1. The zero-order chi connectivity index (χ0) is 27.8. The van der Waals surface area contributed by atoms with Crippen molar-refractivity contribution in [1.82, 2.24) is 4.98 Å². The highest BCUT2D eigenvalue weighted by molar-refractivity contribution is 7.22. The third-order valence-corrected chi connectivity index (χ3v) is 7.76. The third kappa shape index (κ3) is 4.74. The summed E-state index contributed by atoms with van der Waals surface area (Å²) >= 11 is 1.30. The van der Waals surface area contributed by atoms with Crippen molar-refractivity contribution in [2.24, 2.45) is 0 Å². The van der Waals surface area contributed by atoms with Gasteiger partial charge in [-0.3, -0.25) is 14.5 Å². The summed E-state index contributed by atoms with van der Waals surface area (Å²) < 4.78 is 20.4. The molecule has 0 spiro atoms. The third-order valence-electron chi connectivity index (χ3n) is 6.74. The molecule has 0 saturated carbocycles. The minimum atomic E-state index is -0.949. The predicted octanol–water partition coefficient (Wildman–Crippen LogP) is 6.95. The molecule has 1 N–H and O–H groups in total. The molecule has 0 bridgehead atoms. The van der Waals surface area contributed by atoms with Gasteiger partial charge in [-0.25, -0.2) is 9.37 Å². The molecule has 1 atom stereocenters. The van der Waals surface area contributed by atoms with Crippen LogP contribution in [0.3, 0.4) is 0 Å². The van der Waals surface area contributed by atoms with Gasteiger partial charge in [0.1, 0.15) is 23.9 Å². The minimum absolute atomic E-state index is 0.0926. The molecule has 40 heavy (non-hydrogen) atoms. The van der Waals surface area contributed by atoms with Crippen LogP contribution in [0.4, 0.5) is 9.52 Å². The van der Waals surface area contributed by atoms with Crippen LogP contribution in [0.25, 0.3) is 16.0 Å². The number of ether oxygens (including phenoxy) is 1. The standard InChI is InChI=1S/C32H23FN2O4S/c1-19-7-16-25-26(17-19)40-32(34-25)35-28(21-10-14-24(15-11-21)39-18-20-5-3-2-4-6-20)27(30(37)31(35)38)29(36)22-8-12-23(33)13-9-22/h2-17,28,36H,18H2,1H3/b29-27+. The molecule has 1 fully saturated rings. The summed E-state index contributed by atoms with van der Waals surface area (Å²) in [4.78, 5) is 32.9. The fraction of sp³-hybridized carbons (Fsp3) is 0.0938. The summed E-state index contributed by atoms with van der Waals surface area (Å²) in [6.07, 6.45) is 0. The van der Waals surface area contributed by atoms with Gasteiger partial charge in [0.25, 0.3) is 5.78 Å². The van der Waals surface area contributed by atoms with E-state index in [0.717, 1.165) is 15.8 Å². The Hall–Kier alpha value is -4.82. The second kappa shape index (κ2) is 10.4. The lowest BCUT2D eigenvalue weighted by atomic mass is 9.95. The molecule has 1 saturated heterocycles. The molecule has 2 heterocycles. The van der Waals surface area contributed by atoms with E-state index in [0.29, 0.717) is 28.6 Å². The average Bonchev–Trinajstić information content (AvgIpc) is 3.50. The molecule has 6 nitrogen and oxygen atoms in total. The zero-order valence-electron chi connectivity index (χ0n) is 21.4. The molecule has 1 aliphatic heterocycles. The average molecular weight is 551 g/mol. The number of Topliss-reactive ketones (excluding diaryl/α,β-unsaturated/α-hetero) is 1. The first kappa shape index (κ1) is 25.5. The lowest BCUT2D eigenvalue weighted by molar-refractivity contribution is -0.132. The van der Waals surface area contributed by atoms with Gasteiger partial charge in [-0.1, -0.05) is 59.9 Å². The maximum Gasteiger partial charge on any atom is 0.301 e. The van der Waals surface area contributed by atoms with Crippen molar-refractivity contribution < 1.29 is 23.8 Å². The molecule has 5 aromatic rings. The quantitative estimate of drug-likeness (QED) is 0.141. The van der Waals surface area contributed by atoms with Crippen LogP contribution in [-0.4, -0.2) is 21.8 Å². The summed E-state index contributed by atoms with van der Waals surface area (Å²) in [6.45, 7) is 2.35. The predicted molar refractivity (Wildman–Crippen MR) is 153 cm³/mol. The molecule has 6 rings (SSSR count). The number of hydrogen-bond donors (Lipinski definition) is 1. The number of rotatable bonds is 6. The van der Waals surface area contributed by atoms with Gasteiger partial charge in [-0.05, 0) is 72.1 Å². The van der Waals surface area contributed by atoms with E-state index in [-0.39, 0.29) is 16.9 Å². The van der Waals surface area contributed by atoms with Gasteiger partial charge in [-0.2, -0.15) is 0 Å². The Morgan fingerprint density at radius 3 is 2.42 bits per heavy atom.